The minimum atomic E-state index is 0.709. The van der Waals surface area contributed by atoms with Crippen LogP contribution in [0.4, 0.5) is 0 Å². The maximum atomic E-state index is 10.4. The summed E-state index contributed by atoms with van der Waals surface area (Å²) in [5.41, 5.74) is 2.97. The van der Waals surface area contributed by atoms with E-state index in [9.17, 15) is 4.79 Å². The van der Waals surface area contributed by atoms with Gasteiger partial charge < -0.3 is 4.74 Å². The van der Waals surface area contributed by atoms with Gasteiger partial charge in [-0.2, -0.15) is 0 Å². The lowest BCUT2D eigenvalue weighted by Gasteiger charge is -1.99. The summed E-state index contributed by atoms with van der Waals surface area (Å²) >= 11 is 0. The predicted octanol–water partition coefficient (Wildman–Crippen LogP) is 4.36. The minimum Gasteiger partial charge on any atom is -0.497 e. The number of hydrogen-bond acceptors (Lipinski definition) is 2. The van der Waals surface area contributed by atoms with Crippen molar-refractivity contribution in [2.75, 3.05) is 7.11 Å². The lowest BCUT2D eigenvalue weighted by Crippen LogP contribution is -1.81. The molecule has 1 rings (SSSR count). The predicted molar refractivity (Wildman–Crippen MR) is 84.7 cm³/mol. The summed E-state index contributed by atoms with van der Waals surface area (Å²) < 4.78 is 5.11. The van der Waals surface area contributed by atoms with Crippen molar-refractivity contribution in [3.63, 3.8) is 0 Å². The summed E-state index contributed by atoms with van der Waals surface area (Å²) in [5, 5.41) is 0. The van der Waals surface area contributed by atoms with E-state index in [0.717, 1.165) is 23.2 Å². The lowest BCUT2D eigenvalue weighted by molar-refractivity contribution is -0.104. The van der Waals surface area contributed by atoms with E-state index >= 15 is 0 Å². The van der Waals surface area contributed by atoms with Crippen molar-refractivity contribution >= 4 is 12.4 Å². The van der Waals surface area contributed by atoms with Crippen LogP contribution in [0.15, 0.2) is 65.8 Å². The molecule has 104 valence electrons. The number of ether oxygens (including phenoxy) is 1. The molecule has 0 bridgehead atoms. The summed E-state index contributed by atoms with van der Waals surface area (Å²) in [6.07, 6.45) is 12.5. The number of methoxy groups -OCH3 is 1. The second-order valence-corrected chi connectivity index (χ2v) is 4.43. The topological polar surface area (TPSA) is 26.3 Å². The van der Waals surface area contributed by atoms with Gasteiger partial charge in [-0.1, -0.05) is 54.2 Å². The number of rotatable bonds is 6. The highest BCUT2D eigenvalue weighted by molar-refractivity contribution is 5.72. The third-order valence-corrected chi connectivity index (χ3v) is 2.67. The number of hydrogen-bond donors (Lipinski definition) is 0. The molecular weight excluding hydrogens is 248 g/mol. The molecule has 2 nitrogen and oxygen atoms in total. The highest BCUT2D eigenvalue weighted by atomic mass is 16.5. The maximum absolute atomic E-state index is 10.4. The molecule has 0 saturated carbocycles. The van der Waals surface area contributed by atoms with Crippen molar-refractivity contribution in [3.8, 4) is 5.75 Å². The Morgan fingerprint density at radius 3 is 2.15 bits per heavy atom. The number of carbonyl (C=O) groups is 1. The van der Waals surface area contributed by atoms with E-state index in [1.165, 1.54) is 0 Å². The number of aldehydes is 1. The van der Waals surface area contributed by atoms with Crippen molar-refractivity contribution in [1.29, 1.82) is 0 Å². The number of allylic oxidation sites excluding steroid dienone is 7. The van der Waals surface area contributed by atoms with E-state index in [4.69, 9.17) is 4.74 Å². The first-order chi connectivity index (χ1) is 9.65. The zero-order valence-electron chi connectivity index (χ0n) is 12.2. The average molecular weight is 268 g/mol. The van der Waals surface area contributed by atoms with Gasteiger partial charge in [0, 0.05) is 0 Å². The molecule has 0 spiro atoms. The summed E-state index contributed by atoms with van der Waals surface area (Å²) in [7, 11) is 1.66. The molecule has 1 aromatic rings. The zero-order valence-corrected chi connectivity index (χ0v) is 12.2. The molecule has 1 aromatic carbocycles. The van der Waals surface area contributed by atoms with E-state index < -0.39 is 0 Å². The van der Waals surface area contributed by atoms with Crippen LogP contribution in [-0.4, -0.2) is 13.4 Å². The highest BCUT2D eigenvalue weighted by Gasteiger charge is 1.89. The largest absolute Gasteiger partial charge is 0.497 e. The van der Waals surface area contributed by atoms with Crippen molar-refractivity contribution in [1.82, 2.24) is 0 Å². The van der Waals surface area contributed by atoms with Crippen LogP contribution in [0.5, 0.6) is 5.75 Å². The molecule has 0 aromatic heterocycles. The van der Waals surface area contributed by atoms with Crippen LogP contribution in [0.2, 0.25) is 0 Å². The first-order valence-electron chi connectivity index (χ1n) is 6.45. The SMILES string of the molecule is COc1ccc(C=CC(C)=CC=CC=C(C)C=O)cc1. The van der Waals surface area contributed by atoms with Crippen LogP contribution in [-0.2, 0) is 4.79 Å². The van der Waals surface area contributed by atoms with Crippen molar-refractivity contribution in [2.24, 2.45) is 0 Å². The first kappa shape index (κ1) is 15.7. The van der Waals surface area contributed by atoms with E-state index in [1.54, 1.807) is 20.1 Å². The van der Waals surface area contributed by atoms with E-state index in [0.29, 0.717) is 5.57 Å². The normalized spacial score (nSPS) is 13.2. The smallest absolute Gasteiger partial charge is 0.145 e. The van der Waals surface area contributed by atoms with Gasteiger partial charge in [0.1, 0.15) is 12.0 Å². The fourth-order valence-corrected chi connectivity index (χ4v) is 1.45. The molecule has 0 unspecified atom stereocenters. The molecule has 0 aliphatic rings. The Labute approximate surface area is 120 Å². The molecule has 20 heavy (non-hydrogen) atoms. The van der Waals surface area contributed by atoms with Gasteiger partial charge in [0.2, 0.25) is 0 Å². The highest BCUT2D eigenvalue weighted by Crippen LogP contribution is 2.13. The van der Waals surface area contributed by atoms with Crippen LogP contribution in [0.1, 0.15) is 19.4 Å². The van der Waals surface area contributed by atoms with Gasteiger partial charge in [-0.25, -0.2) is 0 Å². The fraction of sp³-hybridized carbons (Fsp3) is 0.167. The van der Waals surface area contributed by atoms with E-state index in [-0.39, 0.29) is 0 Å². The molecule has 0 saturated heterocycles. The summed E-state index contributed by atoms with van der Waals surface area (Å²) in [6.45, 7) is 3.80. The van der Waals surface area contributed by atoms with Crippen LogP contribution in [0.25, 0.3) is 6.08 Å². The average Bonchev–Trinajstić information content (AvgIpc) is 2.49. The molecule has 0 amide bonds. The molecule has 0 aliphatic carbocycles. The Hall–Kier alpha value is -2.35. The van der Waals surface area contributed by atoms with Gasteiger partial charge in [0.25, 0.3) is 0 Å². The van der Waals surface area contributed by atoms with Gasteiger partial charge in [0.05, 0.1) is 7.11 Å². The number of benzene rings is 1. The summed E-state index contributed by atoms with van der Waals surface area (Å²) in [4.78, 5) is 10.4. The van der Waals surface area contributed by atoms with E-state index in [1.807, 2.05) is 61.6 Å². The quantitative estimate of drug-likeness (QED) is 0.435. The third-order valence-electron chi connectivity index (χ3n) is 2.67. The van der Waals surface area contributed by atoms with Crippen LogP contribution in [0, 0.1) is 0 Å². The summed E-state index contributed by atoms with van der Waals surface area (Å²) in [6, 6.07) is 7.89. The second-order valence-electron chi connectivity index (χ2n) is 4.43. The summed E-state index contributed by atoms with van der Waals surface area (Å²) in [5.74, 6) is 0.856. The van der Waals surface area contributed by atoms with E-state index in [2.05, 4.69) is 0 Å². The van der Waals surface area contributed by atoms with Crippen molar-refractivity contribution in [3.05, 3.63) is 71.4 Å². The molecule has 0 heterocycles. The lowest BCUT2D eigenvalue weighted by atomic mass is 10.1. The Kier molecular flexibility index (Phi) is 6.83. The second kappa shape index (κ2) is 8.70. The molecule has 0 radical (unpaired) electrons. The Morgan fingerprint density at radius 2 is 1.60 bits per heavy atom. The Balaban J connectivity index is 2.61. The van der Waals surface area contributed by atoms with Gasteiger partial charge in [0.15, 0.2) is 0 Å². The van der Waals surface area contributed by atoms with Crippen molar-refractivity contribution in [2.45, 2.75) is 13.8 Å². The zero-order chi connectivity index (χ0) is 14.8. The molecule has 0 atom stereocenters. The van der Waals surface area contributed by atoms with Gasteiger partial charge in [-0.05, 0) is 37.1 Å². The Bertz CT molecular complexity index is 543. The minimum absolute atomic E-state index is 0.709. The van der Waals surface area contributed by atoms with Gasteiger partial charge in [-0.3, -0.25) is 4.79 Å². The molecule has 2 heteroatoms. The van der Waals surface area contributed by atoms with Gasteiger partial charge >= 0.3 is 0 Å². The monoisotopic (exact) mass is 268 g/mol. The van der Waals surface area contributed by atoms with Crippen molar-refractivity contribution < 1.29 is 9.53 Å². The Morgan fingerprint density at radius 1 is 1.00 bits per heavy atom. The molecule has 0 fully saturated rings. The maximum Gasteiger partial charge on any atom is 0.145 e. The first-order valence-corrected chi connectivity index (χ1v) is 6.45. The molecule has 0 aliphatic heterocycles. The molecular formula is C18H20O2. The third kappa shape index (κ3) is 6.01. The van der Waals surface area contributed by atoms with Crippen LogP contribution in [0.3, 0.4) is 0 Å². The van der Waals surface area contributed by atoms with Crippen LogP contribution < -0.4 is 4.74 Å². The van der Waals surface area contributed by atoms with Gasteiger partial charge in [-0.15, -0.1) is 0 Å². The van der Waals surface area contributed by atoms with Crippen LogP contribution >= 0.6 is 0 Å². The number of carbonyl (C=O) groups excluding carboxylic acids is 1. The molecule has 0 N–H and O–H groups in total. The standard InChI is InChI=1S/C18H20O2/c1-15(6-4-5-7-16(2)14-19)8-9-17-10-12-18(20-3)13-11-17/h4-14H,1-3H3. The fourth-order valence-electron chi connectivity index (χ4n) is 1.45.